The molecule has 1 aliphatic rings. The molecule has 1 saturated heterocycles. The van der Waals surface area contributed by atoms with Crippen molar-refractivity contribution in [3.63, 3.8) is 0 Å². The second-order valence-corrected chi connectivity index (χ2v) is 7.29. The number of rotatable bonds is 7. The average molecular weight is 320 g/mol. The van der Waals surface area contributed by atoms with Gasteiger partial charge in [0.25, 0.3) is 0 Å². The first-order chi connectivity index (χ1) is 8.47. The van der Waals surface area contributed by atoms with E-state index in [1.165, 1.54) is 32.5 Å². The van der Waals surface area contributed by atoms with E-state index in [2.05, 4.69) is 48.5 Å². The van der Waals surface area contributed by atoms with Gasteiger partial charge in [-0.3, -0.25) is 0 Å². The Balaban J connectivity index is 2.60. The maximum absolute atomic E-state index is 5.53. The molecular weight excluding hydrogens is 290 g/mol. The Morgan fingerprint density at radius 3 is 1.94 bits per heavy atom. The zero-order valence-corrected chi connectivity index (χ0v) is 14.1. The largest absolute Gasteiger partial charge is 0.381 e. The smallest absolute Gasteiger partial charge is 0.0472 e. The van der Waals surface area contributed by atoms with Crippen LogP contribution in [0.5, 0.6) is 0 Å². The molecule has 18 heavy (non-hydrogen) atoms. The SMILES string of the molecule is CC(C)CN(CC(C)C)CC1(CBr)CCOCC1. The van der Waals surface area contributed by atoms with Gasteiger partial charge in [-0.05, 0) is 30.1 Å². The van der Waals surface area contributed by atoms with Gasteiger partial charge in [0, 0.05) is 38.2 Å². The number of hydrogen-bond donors (Lipinski definition) is 0. The highest BCUT2D eigenvalue weighted by Crippen LogP contribution is 2.33. The van der Waals surface area contributed by atoms with Crippen molar-refractivity contribution in [1.82, 2.24) is 4.90 Å². The molecule has 3 heteroatoms. The molecule has 1 rings (SSSR count). The zero-order chi connectivity index (χ0) is 13.6. The number of halogens is 1. The van der Waals surface area contributed by atoms with Crippen LogP contribution in [0.3, 0.4) is 0 Å². The van der Waals surface area contributed by atoms with Crippen molar-refractivity contribution >= 4 is 15.9 Å². The van der Waals surface area contributed by atoms with E-state index >= 15 is 0 Å². The van der Waals surface area contributed by atoms with Gasteiger partial charge in [-0.1, -0.05) is 43.6 Å². The molecule has 0 bridgehead atoms. The molecule has 0 atom stereocenters. The molecule has 1 heterocycles. The lowest BCUT2D eigenvalue weighted by Crippen LogP contribution is -2.45. The summed E-state index contributed by atoms with van der Waals surface area (Å²) in [5.74, 6) is 1.49. The van der Waals surface area contributed by atoms with E-state index in [1.54, 1.807) is 0 Å². The molecule has 0 aromatic heterocycles. The van der Waals surface area contributed by atoms with Crippen LogP contribution in [0.25, 0.3) is 0 Å². The maximum atomic E-state index is 5.53. The molecule has 0 aliphatic carbocycles. The molecule has 0 saturated carbocycles. The molecule has 0 unspecified atom stereocenters. The summed E-state index contributed by atoms with van der Waals surface area (Å²) < 4.78 is 5.53. The lowest BCUT2D eigenvalue weighted by molar-refractivity contribution is 0.00465. The Kier molecular flexibility index (Phi) is 7.19. The molecule has 0 aromatic carbocycles. The topological polar surface area (TPSA) is 12.5 Å². The van der Waals surface area contributed by atoms with Crippen molar-refractivity contribution in [1.29, 1.82) is 0 Å². The molecular formula is C15H30BrNO. The Hall–Kier alpha value is 0.400. The summed E-state index contributed by atoms with van der Waals surface area (Å²) in [7, 11) is 0. The van der Waals surface area contributed by atoms with Gasteiger partial charge >= 0.3 is 0 Å². The Morgan fingerprint density at radius 1 is 1.06 bits per heavy atom. The first-order valence-electron chi connectivity index (χ1n) is 7.33. The third kappa shape index (κ3) is 5.58. The third-order valence-electron chi connectivity index (χ3n) is 3.64. The molecule has 0 N–H and O–H groups in total. The lowest BCUT2D eigenvalue weighted by Gasteiger charge is -2.41. The molecule has 0 spiro atoms. The molecule has 0 aromatic rings. The van der Waals surface area contributed by atoms with Gasteiger partial charge in [-0.2, -0.15) is 0 Å². The Morgan fingerprint density at radius 2 is 1.56 bits per heavy atom. The van der Waals surface area contributed by atoms with Crippen molar-refractivity contribution in [2.24, 2.45) is 17.3 Å². The molecule has 0 amide bonds. The normalized spacial score (nSPS) is 20.0. The van der Waals surface area contributed by atoms with Crippen LogP contribution in [-0.2, 0) is 4.74 Å². The monoisotopic (exact) mass is 319 g/mol. The van der Waals surface area contributed by atoms with Crippen LogP contribution in [0, 0.1) is 17.3 Å². The van der Waals surface area contributed by atoms with Crippen LogP contribution in [0.2, 0.25) is 0 Å². The maximum Gasteiger partial charge on any atom is 0.0472 e. The summed E-state index contributed by atoms with van der Waals surface area (Å²) in [5, 5.41) is 1.11. The van der Waals surface area contributed by atoms with Crippen molar-refractivity contribution in [3.8, 4) is 0 Å². The summed E-state index contributed by atoms with van der Waals surface area (Å²) in [6.45, 7) is 14.8. The van der Waals surface area contributed by atoms with E-state index in [4.69, 9.17) is 4.74 Å². The Labute approximate surface area is 122 Å². The molecule has 2 nitrogen and oxygen atoms in total. The van der Waals surface area contributed by atoms with E-state index in [-0.39, 0.29) is 0 Å². The van der Waals surface area contributed by atoms with Gasteiger partial charge in [0.2, 0.25) is 0 Å². The van der Waals surface area contributed by atoms with Crippen molar-refractivity contribution in [2.75, 3.05) is 38.2 Å². The van der Waals surface area contributed by atoms with Crippen LogP contribution < -0.4 is 0 Å². The first-order valence-corrected chi connectivity index (χ1v) is 8.45. The fourth-order valence-corrected chi connectivity index (χ4v) is 3.59. The van der Waals surface area contributed by atoms with Crippen molar-refractivity contribution in [3.05, 3.63) is 0 Å². The number of hydrogen-bond acceptors (Lipinski definition) is 2. The van der Waals surface area contributed by atoms with E-state index in [1.807, 2.05) is 0 Å². The molecule has 1 aliphatic heterocycles. The van der Waals surface area contributed by atoms with Gasteiger partial charge in [0.15, 0.2) is 0 Å². The van der Waals surface area contributed by atoms with Gasteiger partial charge in [0.05, 0.1) is 0 Å². The summed E-state index contributed by atoms with van der Waals surface area (Å²) >= 11 is 3.75. The van der Waals surface area contributed by atoms with Crippen molar-refractivity contribution in [2.45, 2.75) is 40.5 Å². The highest BCUT2D eigenvalue weighted by atomic mass is 79.9. The van der Waals surface area contributed by atoms with Gasteiger partial charge in [0.1, 0.15) is 0 Å². The predicted molar refractivity (Wildman–Crippen MR) is 82.4 cm³/mol. The number of alkyl halides is 1. The van der Waals surface area contributed by atoms with E-state index < -0.39 is 0 Å². The van der Waals surface area contributed by atoms with Crippen LogP contribution in [-0.4, -0.2) is 43.1 Å². The number of ether oxygens (including phenoxy) is 1. The van der Waals surface area contributed by atoms with Crippen molar-refractivity contribution < 1.29 is 4.74 Å². The third-order valence-corrected chi connectivity index (χ3v) is 4.83. The Bertz CT molecular complexity index is 215. The van der Waals surface area contributed by atoms with Crippen LogP contribution >= 0.6 is 15.9 Å². The first kappa shape index (κ1) is 16.5. The zero-order valence-electron chi connectivity index (χ0n) is 12.5. The average Bonchev–Trinajstić information content (AvgIpc) is 2.28. The molecule has 0 radical (unpaired) electrons. The minimum absolute atomic E-state index is 0.433. The van der Waals surface area contributed by atoms with Crippen LogP contribution in [0.4, 0.5) is 0 Å². The standard InChI is InChI=1S/C15H30BrNO/c1-13(2)9-17(10-14(3)4)12-15(11-16)5-7-18-8-6-15/h13-14H,5-12H2,1-4H3. The van der Waals surface area contributed by atoms with Crippen LogP contribution in [0.1, 0.15) is 40.5 Å². The van der Waals surface area contributed by atoms with Gasteiger partial charge in [-0.25, -0.2) is 0 Å². The highest BCUT2D eigenvalue weighted by molar-refractivity contribution is 9.09. The summed E-state index contributed by atoms with van der Waals surface area (Å²) in [5.41, 5.74) is 0.433. The highest BCUT2D eigenvalue weighted by Gasteiger charge is 2.33. The van der Waals surface area contributed by atoms with E-state index in [0.29, 0.717) is 5.41 Å². The second kappa shape index (κ2) is 7.86. The summed E-state index contributed by atoms with van der Waals surface area (Å²) in [6.07, 6.45) is 2.40. The van der Waals surface area contributed by atoms with Gasteiger partial charge in [-0.15, -0.1) is 0 Å². The van der Waals surface area contributed by atoms with Crippen LogP contribution in [0.15, 0.2) is 0 Å². The number of nitrogens with zero attached hydrogens (tertiary/aromatic N) is 1. The minimum Gasteiger partial charge on any atom is -0.381 e. The van der Waals surface area contributed by atoms with E-state index in [9.17, 15) is 0 Å². The summed E-state index contributed by atoms with van der Waals surface area (Å²) in [4.78, 5) is 2.67. The molecule has 1 fully saturated rings. The predicted octanol–water partition coefficient (Wildman–Crippen LogP) is 3.79. The minimum atomic E-state index is 0.433. The van der Waals surface area contributed by atoms with E-state index in [0.717, 1.165) is 30.4 Å². The fraction of sp³-hybridized carbons (Fsp3) is 1.00. The molecule has 108 valence electrons. The fourth-order valence-electron chi connectivity index (χ4n) is 2.85. The lowest BCUT2D eigenvalue weighted by atomic mass is 9.81. The van der Waals surface area contributed by atoms with Gasteiger partial charge < -0.3 is 9.64 Å². The second-order valence-electron chi connectivity index (χ2n) is 6.73. The quantitative estimate of drug-likeness (QED) is 0.662. The summed E-state index contributed by atoms with van der Waals surface area (Å²) in [6, 6.07) is 0.